The Bertz CT molecular complexity index is 1200. The van der Waals surface area contributed by atoms with Gasteiger partial charge in [0.05, 0.1) is 21.2 Å². The number of sulfonamides is 1. The average molecular weight is 462 g/mol. The zero-order valence-electron chi connectivity index (χ0n) is 15.8. The molecule has 0 aliphatic heterocycles. The largest absolute Gasteiger partial charge is 0.322 e. The first-order chi connectivity index (χ1) is 14.3. The van der Waals surface area contributed by atoms with Gasteiger partial charge in [-0.2, -0.15) is 18.4 Å². The third-order valence-corrected chi connectivity index (χ3v) is 5.90. The maximum absolute atomic E-state index is 12.4. The number of hydrazone groups is 1. The third kappa shape index (κ3) is 5.38. The van der Waals surface area contributed by atoms with Crippen molar-refractivity contribution in [3.8, 4) is 0 Å². The maximum Gasteiger partial charge on any atom is 0.276 e. The van der Waals surface area contributed by atoms with E-state index in [0.717, 1.165) is 0 Å². The molecule has 0 saturated heterocycles. The predicted molar refractivity (Wildman–Crippen MR) is 120 cm³/mol. The number of hydrogen-bond donors (Lipinski definition) is 2. The molecule has 3 aromatic rings. The van der Waals surface area contributed by atoms with E-state index in [9.17, 15) is 13.2 Å². The lowest BCUT2D eigenvalue weighted by atomic mass is 10.1. The van der Waals surface area contributed by atoms with E-state index in [1.54, 1.807) is 61.5 Å². The van der Waals surface area contributed by atoms with Gasteiger partial charge in [0.1, 0.15) is 0 Å². The fourth-order valence-electron chi connectivity index (χ4n) is 2.51. The summed E-state index contributed by atoms with van der Waals surface area (Å²) in [7, 11) is -3.74. The summed E-state index contributed by atoms with van der Waals surface area (Å²) in [6.07, 6.45) is 0. The highest BCUT2D eigenvalue weighted by molar-refractivity contribution is 7.89. The number of halogens is 2. The molecule has 9 heteroatoms. The summed E-state index contributed by atoms with van der Waals surface area (Å²) in [5.74, 6) is -0.370. The summed E-state index contributed by atoms with van der Waals surface area (Å²) in [6.45, 7) is 1.68. The molecule has 2 N–H and O–H groups in total. The van der Waals surface area contributed by atoms with Crippen LogP contribution in [-0.4, -0.2) is 20.0 Å². The zero-order chi connectivity index (χ0) is 21.7. The van der Waals surface area contributed by atoms with Crippen LogP contribution in [0.2, 0.25) is 10.0 Å². The number of nitrogens with one attached hydrogen (secondary N) is 2. The van der Waals surface area contributed by atoms with Crippen LogP contribution in [0.3, 0.4) is 0 Å². The van der Waals surface area contributed by atoms with Crippen molar-refractivity contribution in [3.63, 3.8) is 0 Å². The first kappa shape index (κ1) is 21.8. The van der Waals surface area contributed by atoms with Gasteiger partial charge in [-0.25, -0.2) is 0 Å². The van der Waals surface area contributed by atoms with Crippen LogP contribution in [0.15, 0.2) is 82.8 Å². The second-order valence-electron chi connectivity index (χ2n) is 6.26. The van der Waals surface area contributed by atoms with Crippen LogP contribution in [0.25, 0.3) is 0 Å². The van der Waals surface area contributed by atoms with Crippen molar-refractivity contribution < 1.29 is 13.2 Å². The maximum atomic E-state index is 12.4. The molecule has 0 aliphatic carbocycles. The van der Waals surface area contributed by atoms with Crippen LogP contribution in [0.4, 0.5) is 5.69 Å². The molecule has 0 aliphatic rings. The molecule has 0 spiro atoms. The van der Waals surface area contributed by atoms with Crippen molar-refractivity contribution >= 4 is 50.5 Å². The quantitative estimate of drug-likeness (QED) is 0.402. The summed E-state index contributed by atoms with van der Waals surface area (Å²) < 4.78 is 24.5. The van der Waals surface area contributed by atoms with Crippen LogP contribution >= 0.6 is 23.2 Å². The number of hydrogen-bond acceptors (Lipinski definition) is 4. The molecule has 6 nitrogen and oxygen atoms in total. The topological polar surface area (TPSA) is 87.6 Å². The Morgan fingerprint density at radius 3 is 2.23 bits per heavy atom. The van der Waals surface area contributed by atoms with Gasteiger partial charge in [0.25, 0.3) is 15.9 Å². The number of nitrogens with zero attached hydrogens (tertiary/aromatic N) is 1. The number of rotatable bonds is 6. The van der Waals surface area contributed by atoms with E-state index in [1.165, 1.54) is 18.2 Å². The molecule has 3 aromatic carbocycles. The molecule has 0 atom stereocenters. The molecule has 0 radical (unpaired) electrons. The van der Waals surface area contributed by atoms with Gasteiger partial charge >= 0.3 is 0 Å². The minimum atomic E-state index is -3.74. The molecule has 3 rings (SSSR count). The number of anilines is 1. The normalized spacial score (nSPS) is 11.8. The van der Waals surface area contributed by atoms with E-state index in [-0.39, 0.29) is 15.8 Å². The van der Waals surface area contributed by atoms with Crippen LogP contribution in [0.5, 0.6) is 0 Å². The molecule has 0 fully saturated rings. The Morgan fingerprint density at radius 2 is 1.60 bits per heavy atom. The standard InChI is InChI=1S/C21H17Cl2N3O3S/c1-14(25-26-30(28,29)18-5-3-2-4-6-18)15-7-10-17(11-8-15)24-21(27)19-12-9-16(22)13-20(19)23/h2-13,26H,1H3,(H,24,27)/b25-14+. The van der Waals surface area contributed by atoms with Crippen LogP contribution in [0.1, 0.15) is 22.8 Å². The van der Waals surface area contributed by atoms with E-state index >= 15 is 0 Å². The van der Waals surface area contributed by atoms with E-state index in [1.807, 2.05) is 0 Å². The summed E-state index contributed by atoms with van der Waals surface area (Å²) in [4.78, 5) is 14.7. The lowest BCUT2D eigenvalue weighted by Crippen LogP contribution is -2.19. The van der Waals surface area contributed by atoms with Crippen LogP contribution < -0.4 is 10.1 Å². The Hall–Kier alpha value is -2.87. The minimum absolute atomic E-state index is 0.125. The molecular formula is C21H17Cl2N3O3S. The van der Waals surface area contributed by atoms with Gasteiger partial charge in [0.15, 0.2) is 0 Å². The van der Waals surface area contributed by atoms with E-state index < -0.39 is 10.0 Å². The number of carbonyl (C=O) groups excluding carboxylic acids is 1. The highest BCUT2D eigenvalue weighted by Gasteiger charge is 2.13. The molecule has 0 heterocycles. The van der Waals surface area contributed by atoms with Gasteiger partial charge in [-0.05, 0) is 55.0 Å². The first-order valence-electron chi connectivity index (χ1n) is 8.74. The number of benzene rings is 3. The van der Waals surface area contributed by atoms with Crippen molar-refractivity contribution in [2.45, 2.75) is 11.8 Å². The fourth-order valence-corrected chi connectivity index (χ4v) is 3.88. The molecule has 0 bridgehead atoms. The summed E-state index contributed by atoms with van der Waals surface area (Å²) in [5.41, 5.74) is 2.01. The Labute approximate surface area is 184 Å². The van der Waals surface area contributed by atoms with E-state index in [0.29, 0.717) is 27.5 Å². The second-order valence-corrected chi connectivity index (χ2v) is 8.77. The molecule has 154 valence electrons. The zero-order valence-corrected chi connectivity index (χ0v) is 18.1. The fraction of sp³-hybridized carbons (Fsp3) is 0.0476. The molecule has 0 aromatic heterocycles. The van der Waals surface area contributed by atoms with E-state index in [2.05, 4.69) is 15.2 Å². The number of carbonyl (C=O) groups is 1. The van der Waals surface area contributed by atoms with Gasteiger partial charge in [-0.3, -0.25) is 4.79 Å². The van der Waals surface area contributed by atoms with Gasteiger partial charge in [-0.1, -0.05) is 53.5 Å². The lowest BCUT2D eigenvalue weighted by Gasteiger charge is -2.09. The van der Waals surface area contributed by atoms with Gasteiger partial charge in [0.2, 0.25) is 0 Å². The average Bonchev–Trinajstić information content (AvgIpc) is 2.73. The van der Waals surface area contributed by atoms with Crippen molar-refractivity contribution in [1.82, 2.24) is 4.83 Å². The summed E-state index contributed by atoms with van der Waals surface area (Å²) in [5, 5.41) is 7.40. The summed E-state index contributed by atoms with van der Waals surface area (Å²) in [6, 6.07) is 19.4. The van der Waals surface area contributed by atoms with Crippen LogP contribution in [-0.2, 0) is 10.0 Å². The van der Waals surface area contributed by atoms with Gasteiger partial charge < -0.3 is 5.32 Å². The summed E-state index contributed by atoms with van der Waals surface area (Å²) >= 11 is 11.9. The molecule has 1 amide bonds. The Morgan fingerprint density at radius 1 is 0.933 bits per heavy atom. The highest BCUT2D eigenvalue weighted by atomic mass is 35.5. The van der Waals surface area contributed by atoms with Crippen molar-refractivity contribution in [1.29, 1.82) is 0 Å². The lowest BCUT2D eigenvalue weighted by molar-refractivity contribution is 0.102. The predicted octanol–water partition coefficient (Wildman–Crippen LogP) is 4.95. The van der Waals surface area contributed by atoms with Crippen molar-refractivity contribution in [2.75, 3.05) is 5.32 Å². The van der Waals surface area contributed by atoms with Crippen molar-refractivity contribution in [2.24, 2.45) is 5.10 Å². The Kier molecular flexibility index (Phi) is 6.77. The monoisotopic (exact) mass is 461 g/mol. The minimum Gasteiger partial charge on any atom is -0.322 e. The van der Waals surface area contributed by atoms with E-state index in [4.69, 9.17) is 23.2 Å². The highest BCUT2D eigenvalue weighted by Crippen LogP contribution is 2.22. The molecule has 0 unspecified atom stereocenters. The molecule has 0 saturated carbocycles. The first-order valence-corrected chi connectivity index (χ1v) is 11.0. The second kappa shape index (κ2) is 9.30. The number of amides is 1. The SMILES string of the molecule is C/C(=N\NS(=O)(=O)c1ccccc1)c1ccc(NC(=O)c2ccc(Cl)cc2Cl)cc1. The van der Waals surface area contributed by atoms with Crippen LogP contribution in [0, 0.1) is 0 Å². The van der Waals surface area contributed by atoms with Gasteiger partial charge in [-0.15, -0.1) is 0 Å². The third-order valence-electron chi connectivity index (χ3n) is 4.12. The Balaban J connectivity index is 1.69. The smallest absolute Gasteiger partial charge is 0.276 e. The van der Waals surface area contributed by atoms with Crippen molar-refractivity contribution in [3.05, 3.63) is 94.0 Å². The molecule has 30 heavy (non-hydrogen) atoms. The molecular weight excluding hydrogens is 445 g/mol. The van der Waals surface area contributed by atoms with Gasteiger partial charge in [0, 0.05) is 10.7 Å².